The summed E-state index contributed by atoms with van der Waals surface area (Å²) in [5.74, 6) is -1.15. The highest BCUT2D eigenvalue weighted by atomic mass is 35.5. The molecule has 0 saturated carbocycles. The fourth-order valence-corrected chi connectivity index (χ4v) is 2.61. The maximum Gasteiger partial charge on any atom is 0.348 e. The van der Waals surface area contributed by atoms with E-state index in [1.807, 2.05) is 30.4 Å². The van der Waals surface area contributed by atoms with Crippen LogP contribution in [0.2, 0.25) is 5.02 Å². The van der Waals surface area contributed by atoms with E-state index in [-0.39, 0.29) is 16.3 Å². The summed E-state index contributed by atoms with van der Waals surface area (Å²) >= 11 is 5.90. The maximum absolute atomic E-state index is 13.9. The largest absolute Gasteiger partial charge is 0.493 e. The number of rotatable bonds is 5. The summed E-state index contributed by atoms with van der Waals surface area (Å²) in [5, 5.41) is -0.0196. The third kappa shape index (κ3) is 4.51. The van der Waals surface area contributed by atoms with Crippen molar-refractivity contribution >= 4 is 29.7 Å². The first kappa shape index (κ1) is 18.6. The van der Waals surface area contributed by atoms with E-state index in [4.69, 9.17) is 21.1 Å². The lowest BCUT2D eigenvalue weighted by molar-refractivity contribution is 0.0725. The van der Waals surface area contributed by atoms with Crippen molar-refractivity contribution in [3.05, 3.63) is 88.5 Å². The number of ether oxygens (including phenoxy) is 2. The molecule has 27 heavy (non-hydrogen) atoms. The van der Waals surface area contributed by atoms with Crippen LogP contribution in [0.1, 0.15) is 21.6 Å². The van der Waals surface area contributed by atoms with Crippen molar-refractivity contribution in [1.29, 1.82) is 0 Å². The van der Waals surface area contributed by atoms with Crippen LogP contribution in [0.25, 0.3) is 12.2 Å². The Hall–Kier alpha value is -3.18. The van der Waals surface area contributed by atoms with Gasteiger partial charge in [-0.25, -0.2) is 9.18 Å². The topological polar surface area (TPSA) is 48.4 Å². The average Bonchev–Trinajstić information content (AvgIpc) is 2.68. The van der Waals surface area contributed by atoms with Crippen LogP contribution in [-0.2, 0) is 0 Å². The monoisotopic (exact) mass is 383 g/mol. The van der Waals surface area contributed by atoms with Gasteiger partial charge in [-0.05, 0) is 48.0 Å². The van der Waals surface area contributed by atoms with Gasteiger partial charge in [-0.3, -0.25) is 4.98 Å². The van der Waals surface area contributed by atoms with Crippen LogP contribution in [0.4, 0.5) is 4.39 Å². The zero-order valence-corrected chi connectivity index (χ0v) is 15.1. The first-order valence-electron chi connectivity index (χ1n) is 8.02. The zero-order valence-electron chi connectivity index (χ0n) is 14.4. The SMILES string of the molecule is COc1cc(/C=C/c2ccccn2)ccc1OC(=O)c1c(F)cccc1Cl. The summed E-state index contributed by atoms with van der Waals surface area (Å²) in [6.45, 7) is 0. The summed E-state index contributed by atoms with van der Waals surface area (Å²) in [7, 11) is 1.45. The Labute approximate surface area is 160 Å². The Morgan fingerprint density at radius 1 is 1.07 bits per heavy atom. The van der Waals surface area contributed by atoms with Crippen molar-refractivity contribution in [2.45, 2.75) is 0 Å². The standard InChI is InChI=1S/C21H15ClFNO3/c1-26-19-13-14(8-10-15-5-2-3-12-24-15)9-11-18(19)27-21(25)20-16(22)6-4-7-17(20)23/h2-13H,1H3/b10-8+. The molecule has 136 valence electrons. The number of pyridine rings is 1. The van der Waals surface area contributed by atoms with E-state index < -0.39 is 11.8 Å². The quantitative estimate of drug-likeness (QED) is 0.444. The number of benzene rings is 2. The van der Waals surface area contributed by atoms with Gasteiger partial charge >= 0.3 is 5.97 Å². The van der Waals surface area contributed by atoms with Gasteiger partial charge in [0.25, 0.3) is 0 Å². The molecule has 0 aliphatic rings. The van der Waals surface area contributed by atoms with E-state index in [9.17, 15) is 9.18 Å². The van der Waals surface area contributed by atoms with Gasteiger partial charge in [-0.1, -0.05) is 35.9 Å². The second-order valence-electron chi connectivity index (χ2n) is 5.48. The summed E-state index contributed by atoms with van der Waals surface area (Å²) in [6, 6.07) is 14.6. The van der Waals surface area contributed by atoms with Crippen molar-refractivity contribution < 1.29 is 18.7 Å². The Morgan fingerprint density at radius 2 is 1.93 bits per heavy atom. The van der Waals surface area contributed by atoms with Gasteiger partial charge in [0.2, 0.25) is 0 Å². The van der Waals surface area contributed by atoms with Crippen molar-refractivity contribution in [1.82, 2.24) is 4.98 Å². The second-order valence-corrected chi connectivity index (χ2v) is 5.89. The number of nitrogens with zero attached hydrogens (tertiary/aromatic N) is 1. The number of halogens is 2. The van der Waals surface area contributed by atoms with Crippen molar-refractivity contribution in [3.63, 3.8) is 0 Å². The first-order valence-corrected chi connectivity index (χ1v) is 8.39. The lowest BCUT2D eigenvalue weighted by Gasteiger charge is -2.11. The number of hydrogen-bond acceptors (Lipinski definition) is 4. The third-order valence-electron chi connectivity index (χ3n) is 3.69. The van der Waals surface area contributed by atoms with E-state index >= 15 is 0 Å². The molecule has 6 heteroatoms. The molecule has 0 fully saturated rings. The number of carbonyl (C=O) groups is 1. The molecule has 0 spiro atoms. The summed E-state index contributed by atoms with van der Waals surface area (Å²) in [4.78, 5) is 16.5. The Kier molecular flexibility index (Phi) is 5.84. The molecule has 0 aliphatic heterocycles. The van der Waals surface area contributed by atoms with Gasteiger partial charge in [0.05, 0.1) is 17.8 Å². The highest BCUT2D eigenvalue weighted by molar-refractivity contribution is 6.33. The maximum atomic E-state index is 13.9. The zero-order chi connectivity index (χ0) is 19.2. The van der Waals surface area contributed by atoms with Crippen LogP contribution in [0.5, 0.6) is 11.5 Å². The van der Waals surface area contributed by atoms with Gasteiger partial charge in [0.1, 0.15) is 11.4 Å². The van der Waals surface area contributed by atoms with Gasteiger partial charge in [0, 0.05) is 6.20 Å². The van der Waals surface area contributed by atoms with Crippen molar-refractivity contribution in [2.24, 2.45) is 0 Å². The van der Waals surface area contributed by atoms with E-state index in [1.54, 1.807) is 24.4 Å². The molecule has 0 atom stereocenters. The Bertz CT molecular complexity index is 970. The molecule has 3 rings (SSSR count). The predicted molar refractivity (Wildman–Crippen MR) is 103 cm³/mol. The van der Waals surface area contributed by atoms with E-state index in [1.165, 1.54) is 19.2 Å². The molecule has 0 bridgehead atoms. The van der Waals surface area contributed by atoms with Crippen LogP contribution in [0.3, 0.4) is 0 Å². The van der Waals surface area contributed by atoms with E-state index in [0.717, 1.165) is 17.3 Å². The van der Waals surface area contributed by atoms with Gasteiger partial charge in [-0.15, -0.1) is 0 Å². The number of carbonyl (C=O) groups excluding carboxylic acids is 1. The van der Waals surface area contributed by atoms with E-state index in [0.29, 0.717) is 5.75 Å². The lowest BCUT2D eigenvalue weighted by Crippen LogP contribution is -2.12. The molecule has 0 unspecified atom stereocenters. The average molecular weight is 384 g/mol. The van der Waals surface area contributed by atoms with Gasteiger partial charge in [-0.2, -0.15) is 0 Å². The molecule has 0 aliphatic carbocycles. The minimum Gasteiger partial charge on any atom is -0.493 e. The molecular weight excluding hydrogens is 369 g/mol. The second kappa shape index (κ2) is 8.47. The van der Waals surface area contributed by atoms with Crippen LogP contribution in [0, 0.1) is 5.82 Å². The minimum absolute atomic E-state index is 0.0196. The number of esters is 1. The van der Waals surface area contributed by atoms with Crippen molar-refractivity contribution in [3.8, 4) is 11.5 Å². The molecule has 0 amide bonds. The summed E-state index contributed by atoms with van der Waals surface area (Å²) < 4.78 is 24.4. The molecule has 0 radical (unpaired) electrons. The molecule has 1 heterocycles. The first-order chi connectivity index (χ1) is 13.1. The third-order valence-corrected chi connectivity index (χ3v) is 4.01. The highest BCUT2D eigenvalue weighted by Gasteiger charge is 2.19. The number of methoxy groups -OCH3 is 1. The van der Waals surface area contributed by atoms with Crippen molar-refractivity contribution in [2.75, 3.05) is 7.11 Å². The number of aromatic nitrogens is 1. The molecular formula is C21H15ClFNO3. The normalized spacial score (nSPS) is 10.8. The fourth-order valence-electron chi connectivity index (χ4n) is 2.37. The predicted octanol–water partition coefficient (Wildman–Crippen LogP) is 5.27. The van der Waals surface area contributed by atoms with Gasteiger partial charge < -0.3 is 9.47 Å². The highest BCUT2D eigenvalue weighted by Crippen LogP contribution is 2.30. The fraction of sp³-hybridized carbons (Fsp3) is 0.0476. The van der Waals surface area contributed by atoms with Crippen LogP contribution >= 0.6 is 11.6 Å². The Balaban J connectivity index is 1.82. The smallest absolute Gasteiger partial charge is 0.348 e. The molecule has 0 saturated heterocycles. The van der Waals surface area contributed by atoms with Crippen LogP contribution in [-0.4, -0.2) is 18.1 Å². The Morgan fingerprint density at radius 3 is 2.63 bits per heavy atom. The van der Waals surface area contributed by atoms with Crippen LogP contribution in [0.15, 0.2) is 60.8 Å². The number of hydrogen-bond donors (Lipinski definition) is 0. The van der Waals surface area contributed by atoms with Gasteiger partial charge in [0.15, 0.2) is 11.5 Å². The van der Waals surface area contributed by atoms with E-state index in [2.05, 4.69) is 4.98 Å². The molecule has 3 aromatic rings. The molecule has 0 N–H and O–H groups in total. The summed E-state index contributed by atoms with van der Waals surface area (Å²) in [6.07, 6.45) is 5.40. The molecule has 2 aromatic carbocycles. The molecule has 4 nitrogen and oxygen atoms in total. The van der Waals surface area contributed by atoms with Crippen LogP contribution < -0.4 is 9.47 Å². The lowest BCUT2D eigenvalue weighted by atomic mass is 10.1. The molecule has 1 aromatic heterocycles. The minimum atomic E-state index is -0.895. The summed E-state index contributed by atoms with van der Waals surface area (Å²) in [5.41, 5.74) is 1.31.